The van der Waals surface area contributed by atoms with Crippen molar-refractivity contribution >= 4 is 11.6 Å². The molecule has 2 heterocycles. The van der Waals surface area contributed by atoms with Crippen LogP contribution < -0.4 is 0 Å². The molecule has 2 rings (SSSR count). The van der Waals surface area contributed by atoms with E-state index in [1.165, 1.54) is 0 Å². The Hall–Kier alpha value is -1.98. The number of hydrogen-bond acceptors (Lipinski definition) is 4. The van der Waals surface area contributed by atoms with Gasteiger partial charge in [0.05, 0.1) is 17.8 Å². The molecule has 0 aliphatic heterocycles. The molecule has 17 heavy (non-hydrogen) atoms. The van der Waals surface area contributed by atoms with Gasteiger partial charge in [-0.3, -0.25) is 9.78 Å². The van der Waals surface area contributed by atoms with Gasteiger partial charge in [-0.05, 0) is 13.8 Å². The fourth-order valence-corrected chi connectivity index (χ4v) is 1.67. The van der Waals surface area contributed by atoms with Gasteiger partial charge in [-0.1, -0.05) is 6.92 Å². The number of aryl methyl sites for hydroxylation is 2. The summed E-state index contributed by atoms with van der Waals surface area (Å²) in [7, 11) is 0. The van der Waals surface area contributed by atoms with Crippen LogP contribution in [0.3, 0.4) is 0 Å². The Morgan fingerprint density at radius 2 is 2.24 bits per heavy atom. The molecule has 0 saturated carbocycles. The summed E-state index contributed by atoms with van der Waals surface area (Å²) in [5.74, 6) is -0.499. The Morgan fingerprint density at radius 1 is 1.53 bits per heavy atom. The third-order valence-corrected chi connectivity index (χ3v) is 2.65. The molecule has 0 aromatic carbocycles. The number of hydrogen-bond donors (Lipinski definition) is 1. The van der Waals surface area contributed by atoms with E-state index in [2.05, 4.69) is 15.1 Å². The van der Waals surface area contributed by atoms with Crippen LogP contribution in [-0.4, -0.2) is 30.7 Å². The molecule has 0 amide bonds. The van der Waals surface area contributed by atoms with Gasteiger partial charge in [-0.25, -0.2) is 9.50 Å². The Morgan fingerprint density at radius 3 is 2.82 bits per heavy atom. The first-order valence-electron chi connectivity index (χ1n) is 5.39. The number of fused-ring (bicyclic) bond motifs is 1. The Kier molecular flexibility index (Phi) is 2.79. The minimum atomic E-state index is -0.845. The highest BCUT2D eigenvalue weighted by atomic mass is 16.4. The minimum Gasteiger partial charge on any atom is -0.481 e. The Bertz CT molecular complexity index is 537. The molecule has 0 bridgehead atoms. The molecule has 2 aromatic heterocycles. The molecule has 0 saturated heterocycles. The normalized spacial score (nSPS) is 12.9. The molecule has 6 nitrogen and oxygen atoms in total. The van der Waals surface area contributed by atoms with Gasteiger partial charge < -0.3 is 5.11 Å². The zero-order chi connectivity index (χ0) is 12.6. The summed E-state index contributed by atoms with van der Waals surface area (Å²) >= 11 is 0. The van der Waals surface area contributed by atoms with Gasteiger partial charge in [0.25, 0.3) is 0 Å². The summed E-state index contributed by atoms with van der Waals surface area (Å²) in [4.78, 5) is 19.2. The van der Waals surface area contributed by atoms with Crippen molar-refractivity contribution in [3.05, 3.63) is 23.4 Å². The van der Waals surface area contributed by atoms with E-state index in [4.69, 9.17) is 5.11 Å². The Balaban J connectivity index is 2.47. The van der Waals surface area contributed by atoms with Crippen LogP contribution in [0.5, 0.6) is 0 Å². The summed E-state index contributed by atoms with van der Waals surface area (Å²) in [5.41, 5.74) is 2.36. The number of carbonyl (C=O) groups is 1. The fourth-order valence-electron chi connectivity index (χ4n) is 1.67. The first-order valence-corrected chi connectivity index (χ1v) is 5.39. The second kappa shape index (κ2) is 4.12. The van der Waals surface area contributed by atoms with E-state index in [0.29, 0.717) is 11.5 Å². The first-order chi connectivity index (χ1) is 7.99. The van der Waals surface area contributed by atoms with Crippen LogP contribution in [0, 0.1) is 13.8 Å². The summed E-state index contributed by atoms with van der Waals surface area (Å²) in [6.07, 6.45) is 1.76. The second-order valence-electron chi connectivity index (χ2n) is 4.19. The van der Waals surface area contributed by atoms with Crippen molar-refractivity contribution in [1.29, 1.82) is 0 Å². The maximum Gasteiger partial charge on any atom is 0.304 e. The number of rotatable bonds is 3. The van der Waals surface area contributed by atoms with E-state index in [9.17, 15) is 4.79 Å². The summed E-state index contributed by atoms with van der Waals surface area (Å²) in [6, 6.07) is 0. The van der Waals surface area contributed by atoms with E-state index in [-0.39, 0.29) is 12.3 Å². The van der Waals surface area contributed by atoms with Crippen molar-refractivity contribution in [3.63, 3.8) is 0 Å². The molecule has 0 radical (unpaired) electrons. The molecular formula is C11H14N4O2. The molecule has 90 valence electrons. The summed E-state index contributed by atoms with van der Waals surface area (Å²) in [6.45, 7) is 5.55. The van der Waals surface area contributed by atoms with Gasteiger partial charge in [-0.15, -0.1) is 0 Å². The zero-order valence-corrected chi connectivity index (χ0v) is 10.0. The van der Waals surface area contributed by atoms with Gasteiger partial charge >= 0.3 is 5.97 Å². The van der Waals surface area contributed by atoms with Crippen molar-refractivity contribution in [2.75, 3.05) is 0 Å². The van der Waals surface area contributed by atoms with E-state index >= 15 is 0 Å². The highest BCUT2D eigenvalue weighted by Gasteiger charge is 2.17. The predicted octanol–water partition coefficient (Wildman–Crippen LogP) is 1.32. The molecule has 1 atom stereocenters. The molecule has 0 aliphatic carbocycles. The van der Waals surface area contributed by atoms with E-state index in [1.54, 1.807) is 17.6 Å². The smallest absolute Gasteiger partial charge is 0.304 e. The average molecular weight is 234 g/mol. The van der Waals surface area contributed by atoms with Gasteiger partial charge in [-0.2, -0.15) is 5.10 Å². The highest BCUT2D eigenvalue weighted by Crippen LogP contribution is 2.17. The molecule has 1 unspecified atom stereocenters. The molecule has 2 aromatic rings. The van der Waals surface area contributed by atoms with E-state index < -0.39 is 5.97 Å². The molecule has 0 aliphatic rings. The van der Waals surface area contributed by atoms with Crippen molar-refractivity contribution in [2.24, 2.45) is 0 Å². The van der Waals surface area contributed by atoms with Crippen molar-refractivity contribution in [3.8, 4) is 0 Å². The highest BCUT2D eigenvalue weighted by molar-refractivity contribution is 5.67. The number of aromatic nitrogens is 4. The fraction of sp³-hybridized carbons (Fsp3) is 0.455. The van der Waals surface area contributed by atoms with Gasteiger partial charge in [0.1, 0.15) is 0 Å². The number of aliphatic carboxylic acids is 1. The van der Waals surface area contributed by atoms with Gasteiger partial charge in [0.15, 0.2) is 11.5 Å². The van der Waals surface area contributed by atoms with Crippen molar-refractivity contribution < 1.29 is 9.90 Å². The molecule has 0 spiro atoms. The van der Waals surface area contributed by atoms with Crippen molar-refractivity contribution in [2.45, 2.75) is 33.1 Å². The Labute approximate surface area is 98.3 Å². The third-order valence-electron chi connectivity index (χ3n) is 2.65. The van der Waals surface area contributed by atoms with E-state index in [1.807, 2.05) is 13.8 Å². The minimum absolute atomic E-state index is 0.0302. The summed E-state index contributed by atoms with van der Waals surface area (Å²) < 4.78 is 1.70. The van der Waals surface area contributed by atoms with Gasteiger partial charge in [0, 0.05) is 12.1 Å². The predicted molar refractivity (Wildman–Crippen MR) is 60.9 cm³/mol. The van der Waals surface area contributed by atoms with Crippen LogP contribution in [-0.2, 0) is 4.79 Å². The largest absolute Gasteiger partial charge is 0.481 e. The van der Waals surface area contributed by atoms with E-state index in [0.717, 1.165) is 11.4 Å². The molecule has 6 heteroatoms. The standard InChI is InChI=1S/C11H14N4O2/c1-6(4-9(16)17)10-13-11-8(3)12-5-7(2)15(11)14-10/h5-6H,4H2,1-3H3,(H,16,17). The maximum absolute atomic E-state index is 10.7. The molecule has 1 N–H and O–H groups in total. The first kappa shape index (κ1) is 11.5. The van der Waals surface area contributed by atoms with Crippen LogP contribution in [0.15, 0.2) is 6.20 Å². The van der Waals surface area contributed by atoms with Crippen LogP contribution in [0.1, 0.15) is 36.5 Å². The van der Waals surface area contributed by atoms with Crippen LogP contribution in [0.2, 0.25) is 0 Å². The van der Waals surface area contributed by atoms with Crippen molar-refractivity contribution in [1.82, 2.24) is 19.6 Å². The molecular weight excluding hydrogens is 220 g/mol. The molecule has 0 fully saturated rings. The van der Waals surface area contributed by atoms with Crippen LogP contribution in [0.25, 0.3) is 5.65 Å². The quantitative estimate of drug-likeness (QED) is 0.866. The maximum atomic E-state index is 10.7. The average Bonchev–Trinajstić information content (AvgIpc) is 2.68. The monoisotopic (exact) mass is 234 g/mol. The summed E-state index contributed by atoms with van der Waals surface area (Å²) in [5, 5.41) is 13.1. The SMILES string of the molecule is Cc1ncc(C)n2nc(C(C)CC(=O)O)nc12. The lowest BCUT2D eigenvalue weighted by molar-refractivity contribution is -0.137. The number of carboxylic acid groups (broad SMARTS) is 1. The van der Waals surface area contributed by atoms with Gasteiger partial charge in [0.2, 0.25) is 0 Å². The van der Waals surface area contributed by atoms with Crippen LogP contribution >= 0.6 is 0 Å². The lowest BCUT2D eigenvalue weighted by Crippen LogP contribution is -2.04. The second-order valence-corrected chi connectivity index (χ2v) is 4.19. The lowest BCUT2D eigenvalue weighted by atomic mass is 10.1. The van der Waals surface area contributed by atoms with Crippen LogP contribution in [0.4, 0.5) is 0 Å². The third kappa shape index (κ3) is 2.11. The number of carboxylic acids is 1. The number of nitrogens with zero attached hydrogens (tertiary/aromatic N) is 4. The lowest BCUT2D eigenvalue weighted by Gasteiger charge is -2.01. The zero-order valence-electron chi connectivity index (χ0n) is 10.0. The topological polar surface area (TPSA) is 80.4 Å².